The Morgan fingerprint density at radius 2 is 1.68 bits per heavy atom. The number of sulfonamides is 1. The number of methoxy groups -OCH3 is 1. The van der Waals surface area contributed by atoms with Crippen LogP contribution in [0.2, 0.25) is 0 Å². The van der Waals surface area contributed by atoms with E-state index >= 15 is 0 Å². The van der Waals surface area contributed by atoms with Crippen LogP contribution >= 0.6 is 0 Å². The largest absolute Gasteiger partial charge is 0.496 e. The van der Waals surface area contributed by atoms with Crippen molar-refractivity contribution in [2.75, 3.05) is 24.7 Å². The minimum absolute atomic E-state index is 0.296. The molecule has 2 aromatic carbocycles. The number of likely N-dealkylation sites (N-methyl/N-ethyl adjacent to an activating group) is 1. The normalized spacial score (nSPS) is 12.4. The van der Waals surface area contributed by atoms with Crippen molar-refractivity contribution < 1.29 is 17.9 Å². The highest BCUT2D eigenvalue weighted by molar-refractivity contribution is 7.92. The van der Waals surface area contributed by atoms with Gasteiger partial charge in [-0.25, -0.2) is 8.42 Å². The Morgan fingerprint density at radius 1 is 1.11 bits per heavy atom. The van der Waals surface area contributed by atoms with Gasteiger partial charge in [0, 0.05) is 19.2 Å². The molecular formula is C21H28N2O4S. The Morgan fingerprint density at radius 3 is 2.21 bits per heavy atom. The first kappa shape index (κ1) is 21.8. The number of amides is 1. The summed E-state index contributed by atoms with van der Waals surface area (Å²) in [6, 6.07) is 12.1. The molecule has 0 radical (unpaired) electrons. The summed E-state index contributed by atoms with van der Waals surface area (Å²) in [5, 5.41) is 0. The molecule has 0 bridgehead atoms. The van der Waals surface area contributed by atoms with Crippen LogP contribution in [0.15, 0.2) is 42.5 Å². The van der Waals surface area contributed by atoms with Crippen LogP contribution < -0.4 is 9.04 Å². The summed E-state index contributed by atoms with van der Waals surface area (Å²) in [7, 11) is -0.416. The van der Waals surface area contributed by atoms with Crippen molar-refractivity contribution in [3.05, 3.63) is 59.2 Å². The molecule has 0 aliphatic rings. The van der Waals surface area contributed by atoms with Gasteiger partial charge in [-0.15, -0.1) is 0 Å². The van der Waals surface area contributed by atoms with Gasteiger partial charge in [-0.1, -0.05) is 24.3 Å². The zero-order chi connectivity index (χ0) is 21.1. The quantitative estimate of drug-likeness (QED) is 0.711. The maximum Gasteiger partial charge on any atom is 0.246 e. The van der Waals surface area contributed by atoms with E-state index in [1.54, 1.807) is 33.2 Å². The number of nitrogens with zero attached hydrogens (tertiary/aromatic N) is 2. The van der Waals surface area contributed by atoms with Gasteiger partial charge in [0.2, 0.25) is 15.9 Å². The summed E-state index contributed by atoms with van der Waals surface area (Å²) in [4.78, 5) is 14.6. The molecule has 1 amide bonds. The molecule has 2 rings (SSSR count). The number of benzene rings is 2. The maximum atomic E-state index is 13.1. The molecule has 0 aliphatic heterocycles. The molecule has 0 aliphatic carbocycles. The van der Waals surface area contributed by atoms with E-state index in [0.29, 0.717) is 18.0 Å². The highest BCUT2D eigenvalue weighted by atomic mass is 32.2. The van der Waals surface area contributed by atoms with E-state index in [4.69, 9.17) is 4.74 Å². The van der Waals surface area contributed by atoms with Crippen molar-refractivity contribution in [2.45, 2.75) is 33.4 Å². The van der Waals surface area contributed by atoms with Gasteiger partial charge in [-0.2, -0.15) is 0 Å². The van der Waals surface area contributed by atoms with E-state index in [1.807, 2.05) is 44.2 Å². The first-order chi connectivity index (χ1) is 13.0. The smallest absolute Gasteiger partial charge is 0.246 e. The molecular weight excluding hydrogens is 376 g/mol. The Balaban J connectivity index is 2.33. The summed E-state index contributed by atoms with van der Waals surface area (Å²) in [6.45, 7) is 5.73. The molecule has 2 aromatic rings. The van der Waals surface area contributed by atoms with Gasteiger partial charge in [0.1, 0.15) is 11.8 Å². The van der Waals surface area contributed by atoms with Gasteiger partial charge in [0.05, 0.1) is 19.1 Å². The number of hydrogen-bond donors (Lipinski definition) is 0. The highest BCUT2D eigenvalue weighted by Crippen LogP contribution is 2.25. The third-order valence-electron chi connectivity index (χ3n) is 4.50. The Labute approximate surface area is 167 Å². The number of aryl methyl sites for hydroxylation is 2. The molecule has 7 heteroatoms. The van der Waals surface area contributed by atoms with Crippen molar-refractivity contribution in [1.29, 1.82) is 0 Å². The number of carbonyl (C=O) groups excluding carboxylic acids is 1. The Kier molecular flexibility index (Phi) is 6.72. The van der Waals surface area contributed by atoms with Gasteiger partial charge in [-0.05, 0) is 50.1 Å². The van der Waals surface area contributed by atoms with Crippen LogP contribution in [0.5, 0.6) is 5.75 Å². The van der Waals surface area contributed by atoms with Crippen molar-refractivity contribution in [1.82, 2.24) is 4.90 Å². The fourth-order valence-corrected chi connectivity index (χ4v) is 4.52. The second-order valence-corrected chi connectivity index (χ2v) is 8.95. The van der Waals surface area contributed by atoms with Crippen LogP contribution in [0.3, 0.4) is 0 Å². The van der Waals surface area contributed by atoms with Gasteiger partial charge < -0.3 is 9.64 Å². The van der Waals surface area contributed by atoms with Crippen molar-refractivity contribution >= 4 is 21.6 Å². The summed E-state index contributed by atoms with van der Waals surface area (Å²) in [5.74, 6) is 0.388. The van der Waals surface area contributed by atoms with Gasteiger partial charge in [0.25, 0.3) is 0 Å². The average Bonchev–Trinajstić information content (AvgIpc) is 2.59. The van der Waals surface area contributed by atoms with E-state index < -0.39 is 16.1 Å². The summed E-state index contributed by atoms with van der Waals surface area (Å²) in [6.07, 6.45) is 1.12. The molecule has 0 aromatic heterocycles. The zero-order valence-electron chi connectivity index (χ0n) is 17.3. The maximum absolute atomic E-state index is 13.1. The number of anilines is 1. The Bertz CT molecular complexity index is 936. The molecule has 0 heterocycles. The van der Waals surface area contributed by atoms with Crippen LogP contribution in [0.25, 0.3) is 0 Å². The molecule has 1 atom stereocenters. The van der Waals surface area contributed by atoms with Crippen molar-refractivity contribution in [3.8, 4) is 5.75 Å². The van der Waals surface area contributed by atoms with E-state index in [9.17, 15) is 13.2 Å². The van der Waals surface area contributed by atoms with Crippen LogP contribution in [0.4, 0.5) is 5.69 Å². The topological polar surface area (TPSA) is 66.9 Å². The first-order valence-corrected chi connectivity index (χ1v) is 10.8. The zero-order valence-corrected chi connectivity index (χ0v) is 18.1. The van der Waals surface area contributed by atoms with Gasteiger partial charge in [-0.3, -0.25) is 9.10 Å². The second kappa shape index (κ2) is 8.65. The van der Waals surface area contributed by atoms with Crippen molar-refractivity contribution in [2.24, 2.45) is 0 Å². The molecule has 152 valence electrons. The number of hydrogen-bond acceptors (Lipinski definition) is 4. The lowest BCUT2D eigenvalue weighted by Gasteiger charge is -2.31. The van der Waals surface area contributed by atoms with Crippen LogP contribution in [-0.4, -0.2) is 45.7 Å². The molecule has 0 spiro atoms. The molecule has 0 saturated carbocycles. The molecule has 28 heavy (non-hydrogen) atoms. The SMILES string of the molecule is COc1ccccc1CN(C)C(=O)[C@@H](C)N(c1cc(C)cc(C)c1)S(C)(=O)=O. The second-order valence-electron chi connectivity index (χ2n) is 7.09. The number of para-hydroxylation sites is 1. The third kappa shape index (κ3) is 5.04. The average molecular weight is 405 g/mol. The lowest BCUT2D eigenvalue weighted by molar-refractivity contribution is -0.131. The number of ether oxygens (including phenoxy) is 1. The molecule has 6 nitrogen and oxygen atoms in total. The van der Waals surface area contributed by atoms with Crippen LogP contribution in [0.1, 0.15) is 23.6 Å². The minimum Gasteiger partial charge on any atom is -0.496 e. The summed E-state index contributed by atoms with van der Waals surface area (Å²) < 4.78 is 31.6. The fourth-order valence-electron chi connectivity index (χ4n) is 3.37. The predicted molar refractivity (Wildman–Crippen MR) is 112 cm³/mol. The van der Waals surface area contributed by atoms with Gasteiger partial charge in [0.15, 0.2) is 0 Å². The van der Waals surface area contributed by atoms with E-state index in [1.165, 1.54) is 9.21 Å². The minimum atomic E-state index is -3.65. The van der Waals surface area contributed by atoms with E-state index in [2.05, 4.69) is 0 Å². The fraction of sp³-hybridized carbons (Fsp3) is 0.381. The molecule has 0 fully saturated rings. The van der Waals surface area contributed by atoms with Crippen LogP contribution in [0, 0.1) is 13.8 Å². The highest BCUT2D eigenvalue weighted by Gasteiger charge is 2.31. The van der Waals surface area contributed by atoms with E-state index in [-0.39, 0.29) is 5.91 Å². The number of carbonyl (C=O) groups is 1. The van der Waals surface area contributed by atoms with Gasteiger partial charge >= 0.3 is 0 Å². The Hall–Kier alpha value is -2.54. The molecule has 0 N–H and O–H groups in total. The monoisotopic (exact) mass is 404 g/mol. The lowest BCUT2D eigenvalue weighted by atomic mass is 10.1. The lowest BCUT2D eigenvalue weighted by Crippen LogP contribution is -2.48. The predicted octanol–water partition coefficient (Wildman–Crippen LogP) is 3.13. The first-order valence-electron chi connectivity index (χ1n) is 8.99. The van der Waals surface area contributed by atoms with Crippen molar-refractivity contribution in [3.63, 3.8) is 0 Å². The summed E-state index contributed by atoms with van der Waals surface area (Å²) >= 11 is 0. The van der Waals surface area contributed by atoms with E-state index in [0.717, 1.165) is 22.9 Å². The molecule has 0 unspecified atom stereocenters. The molecule has 0 saturated heterocycles. The van der Waals surface area contributed by atoms with Crippen LogP contribution in [-0.2, 0) is 21.4 Å². The summed E-state index contributed by atoms with van der Waals surface area (Å²) in [5.41, 5.74) is 3.22. The number of rotatable bonds is 7. The third-order valence-corrected chi connectivity index (χ3v) is 5.75. The standard InChI is InChI=1S/C21H28N2O4S/c1-15-11-16(2)13-19(12-15)23(28(6,25)26)17(3)21(24)22(4)14-18-9-7-8-10-20(18)27-5/h7-13,17H,14H2,1-6H3/t17-/m1/s1.